The van der Waals surface area contributed by atoms with Crippen LogP contribution < -0.4 is 10.5 Å². The van der Waals surface area contributed by atoms with Crippen LogP contribution in [0.2, 0.25) is 0 Å². The van der Waals surface area contributed by atoms with Gasteiger partial charge in [-0.15, -0.1) is 13.2 Å². The maximum Gasteiger partial charge on any atom is 0.573 e. The fraction of sp³-hybridized carbons (Fsp3) is 0.250. The first-order chi connectivity index (χ1) is 6.29. The average molecular weight is 209 g/mol. The highest BCUT2D eigenvalue weighted by molar-refractivity contribution is 5.51. The van der Waals surface area contributed by atoms with E-state index < -0.39 is 17.9 Å². The third-order valence-corrected chi connectivity index (χ3v) is 1.55. The Morgan fingerprint density at radius 1 is 1.29 bits per heavy atom. The van der Waals surface area contributed by atoms with Crippen LogP contribution in [-0.2, 0) is 0 Å². The second-order valence-corrected chi connectivity index (χ2v) is 2.69. The van der Waals surface area contributed by atoms with Crippen molar-refractivity contribution in [1.29, 1.82) is 0 Å². The van der Waals surface area contributed by atoms with Crippen molar-refractivity contribution in [2.75, 3.05) is 5.73 Å². The minimum Gasteiger partial charge on any atom is -0.403 e. The number of aryl methyl sites for hydroxylation is 1. The fourth-order valence-corrected chi connectivity index (χ4v) is 0.871. The summed E-state index contributed by atoms with van der Waals surface area (Å²) in [7, 11) is 0. The average Bonchev–Trinajstić information content (AvgIpc) is 1.97. The van der Waals surface area contributed by atoms with Gasteiger partial charge in [-0.2, -0.15) is 0 Å². The molecule has 0 spiro atoms. The maximum atomic E-state index is 12.9. The predicted molar refractivity (Wildman–Crippen MR) is 42.2 cm³/mol. The van der Waals surface area contributed by atoms with Gasteiger partial charge in [-0.3, -0.25) is 0 Å². The molecule has 0 atom stereocenters. The van der Waals surface area contributed by atoms with Gasteiger partial charge in [-0.25, -0.2) is 4.39 Å². The molecule has 0 saturated heterocycles. The normalized spacial score (nSPS) is 11.5. The van der Waals surface area contributed by atoms with Gasteiger partial charge in [0.05, 0.1) is 0 Å². The van der Waals surface area contributed by atoms with E-state index in [-0.39, 0.29) is 5.69 Å². The molecule has 2 N–H and O–H groups in total. The van der Waals surface area contributed by atoms with E-state index in [0.29, 0.717) is 5.56 Å². The van der Waals surface area contributed by atoms with Gasteiger partial charge in [0.25, 0.3) is 0 Å². The van der Waals surface area contributed by atoms with Gasteiger partial charge in [0.15, 0.2) is 11.6 Å². The number of nitrogens with two attached hydrogens (primary N) is 1. The predicted octanol–water partition coefficient (Wildman–Crippen LogP) is 2.61. The second kappa shape index (κ2) is 3.36. The number of halogens is 4. The molecular weight excluding hydrogens is 202 g/mol. The van der Waals surface area contributed by atoms with Crippen LogP contribution in [0, 0.1) is 12.7 Å². The van der Waals surface area contributed by atoms with Crippen molar-refractivity contribution >= 4 is 5.69 Å². The highest BCUT2D eigenvalue weighted by Crippen LogP contribution is 2.28. The quantitative estimate of drug-likeness (QED) is 0.570. The lowest BCUT2D eigenvalue weighted by Crippen LogP contribution is -2.18. The lowest BCUT2D eigenvalue weighted by atomic mass is 10.2. The van der Waals surface area contributed by atoms with E-state index in [0.717, 1.165) is 12.1 Å². The van der Waals surface area contributed by atoms with Crippen LogP contribution in [0.4, 0.5) is 23.2 Å². The summed E-state index contributed by atoms with van der Waals surface area (Å²) in [5, 5.41) is 0. The maximum absolute atomic E-state index is 12.9. The van der Waals surface area contributed by atoms with E-state index in [1.54, 1.807) is 0 Å². The molecule has 0 bridgehead atoms. The van der Waals surface area contributed by atoms with Crippen LogP contribution in [-0.4, -0.2) is 6.36 Å². The molecule has 1 aromatic rings. The Labute approximate surface area is 77.3 Å². The molecule has 78 valence electrons. The number of alkyl halides is 3. The molecule has 0 aliphatic heterocycles. The Morgan fingerprint density at radius 2 is 1.86 bits per heavy atom. The first-order valence-corrected chi connectivity index (χ1v) is 3.61. The number of hydrogen-bond donors (Lipinski definition) is 1. The molecule has 1 rings (SSSR count). The second-order valence-electron chi connectivity index (χ2n) is 2.69. The van der Waals surface area contributed by atoms with Crippen LogP contribution in [0.15, 0.2) is 12.1 Å². The molecule has 2 nitrogen and oxygen atoms in total. The van der Waals surface area contributed by atoms with Crippen molar-refractivity contribution in [3.05, 3.63) is 23.5 Å². The van der Waals surface area contributed by atoms with Gasteiger partial charge >= 0.3 is 6.36 Å². The smallest absolute Gasteiger partial charge is 0.403 e. The summed E-state index contributed by atoms with van der Waals surface area (Å²) >= 11 is 0. The molecule has 0 aliphatic rings. The van der Waals surface area contributed by atoms with Crippen molar-refractivity contribution < 1.29 is 22.3 Å². The highest BCUT2D eigenvalue weighted by atomic mass is 19.4. The summed E-state index contributed by atoms with van der Waals surface area (Å²) in [6.45, 7) is 1.48. The molecule has 0 aliphatic carbocycles. The lowest BCUT2D eigenvalue weighted by molar-refractivity contribution is -0.275. The van der Waals surface area contributed by atoms with Crippen LogP contribution in [0.1, 0.15) is 5.56 Å². The Bertz CT molecular complexity index is 348. The Balaban J connectivity index is 3.04. The monoisotopic (exact) mass is 209 g/mol. The number of hydrogen-bond acceptors (Lipinski definition) is 2. The topological polar surface area (TPSA) is 35.2 Å². The molecule has 0 fully saturated rings. The van der Waals surface area contributed by atoms with Crippen molar-refractivity contribution in [3.63, 3.8) is 0 Å². The van der Waals surface area contributed by atoms with Crippen molar-refractivity contribution in [3.8, 4) is 5.75 Å². The Kier molecular flexibility index (Phi) is 2.55. The third-order valence-electron chi connectivity index (χ3n) is 1.55. The van der Waals surface area contributed by atoms with Crippen LogP contribution in [0.3, 0.4) is 0 Å². The zero-order valence-electron chi connectivity index (χ0n) is 7.15. The zero-order chi connectivity index (χ0) is 10.9. The van der Waals surface area contributed by atoms with Crippen molar-refractivity contribution in [2.45, 2.75) is 13.3 Å². The van der Waals surface area contributed by atoms with E-state index >= 15 is 0 Å². The molecule has 0 unspecified atom stereocenters. The first kappa shape index (κ1) is 10.6. The van der Waals surface area contributed by atoms with Gasteiger partial charge in [-0.1, -0.05) is 0 Å². The van der Waals surface area contributed by atoms with E-state index in [9.17, 15) is 17.6 Å². The number of rotatable bonds is 1. The number of anilines is 1. The highest BCUT2D eigenvalue weighted by Gasteiger charge is 2.32. The zero-order valence-corrected chi connectivity index (χ0v) is 7.15. The van der Waals surface area contributed by atoms with Gasteiger partial charge in [0, 0.05) is 11.8 Å². The molecular formula is C8H7F4NO. The first-order valence-electron chi connectivity index (χ1n) is 3.61. The van der Waals surface area contributed by atoms with E-state index in [1.165, 1.54) is 6.92 Å². The van der Waals surface area contributed by atoms with Crippen molar-refractivity contribution in [2.24, 2.45) is 0 Å². The van der Waals surface area contributed by atoms with Gasteiger partial charge < -0.3 is 10.5 Å². The molecule has 14 heavy (non-hydrogen) atoms. The number of ether oxygens (including phenoxy) is 1. The van der Waals surface area contributed by atoms with Gasteiger partial charge in [0.1, 0.15) is 0 Å². The van der Waals surface area contributed by atoms with E-state index in [4.69, 9.17) is 5.73 Å². The largest absolute Gasteiger partial charge is 0.573 e. The standard InChI is InChI=1S/C8H7F4NO/c1-4-2-5(9)7(3-6(4)13)14-8(10,11)12/h2-3H,13H2,1H3. The Hall–Kier alpha value is -1.46. The van der Waals surface area contributed by atoms with E-state index in [2.05, 4.69) is 4.74 Å². The molecule has 6 heteroatoms. The van der Waals surface area contributed by atoms with E-state index in [1.807, 2.05) is 0 Å². The van der Waals surface area contributed by atoms with Gasteiger partial charge in [0.2, 0.25) is 0 Å². The molecule has 0 radical (unpaired) electrons. The molecule has 0 heterocycles. The summed E-state index contributed by atoms with van der Waals surface area (Å²) in [6.07, 6.45) is -4.91. The van der Waals surface area contributed by atoms with Crippen LogP contribution in [0.5, 0.6) is 5.75 Å². The SMILES string of the molecule is Cc1cc(F)c(OC(F)(F)F)cc1N. The summed E-state index contributed by atoms with van der Waals surface area (Å²) in [5.41, 5.74) is 5.70. The Morgan fingerprint density at radius 3 is 2.36 bits per heavy atom. The summed E-state index contributed by atoms with van der Waals surface area (Å²) in [5.74, 6) is -2.00. The number of nitrogen functional groups attached to an aromatic ring is 1. The van der Waals surface area contributed by atoms with Gasteiger partial charge in [-0.05, 0) is 18.6 Å². The lowest BCUT2D eigenvalue weighted by Gasteiger charge is -2.11. The third kappa shape index (κ3) is 2.51. The minimum absolute atomic E-state index is 0.0469. The molecule has 1 aromatic carbocycles. The summed E-state index contributed by atoms with van der Waals surface area (Å²) < 4.78 is 51.5. The van der Waals surface area contributed by atoms with Crippen LogP contribution >= 0.6 is 0 Å². The van der Waals surface area contributed by atoms with Crippen molar-refractivity contribution in [1.82, 2.24) is 0 Å². The minimum atomic E-state index is -4.91. The van der Waals surface area contributed by atoms with Crippen LogP contribution in [0.25, 0.3) is 0 Å². The summed E-state index contributed by atoms with van der Waals surface area (Å²) in [6, 6.07) is 1.69. The molecule has 0 aromatic heterocycles. The molecule has 0 saturated carbocycles. The molecule has 0 amide bonds. The number of benzene rings is 1. The fourth-order valence-electron chi connectivity index (χ4n) is 0.871. The summed E-state index contributed by atoms with van der Waals surface area (Å²) in [4.78, 5) is 0.